The number of alkyl halides is 4. The quantitative estimate of drug-likeness (QED) is 0.331. The van der Waals surface area contributed by atoms with E-state index in [1.807, 2.05) is 6.07 Å². The Morgan fingerprint density at radius 3 is 2.60 bits per heavy atom. The summed E-state index contributed by atoms with van der Waals surface area (Å²) in [6, 6.07) is 7.36. The second-order valence-corrected chi connectivity index (χ2v) is 9.80. The molecule has 1 saturated carbocycles. The molecule has 0 unspecified atom stereocenters. The molecular weight excluding hydrogens is 462 g/mol. The van der Waals surface area contributed by atoms with Crippen molar-refractivity contribution in [3.05, 3.63) is 58.9 Å². The van der Waals surface area contributed by atoms with Gasteiger partial charge in [-0.1, -0.05) is 18.9 Å². The summed E-state index contributed by atoms with van der Waals surface area (Å²) < 4.78 is 52.6. The number of hydrogen-bond donors (Lipinski definition) is 2. The zero-order chi connectivity index (χ0) is 25.2. The Morgan fingerprint density at radius 2 is 1.97 bits per heavy atom. The number of halogens is 4. The number of anilines is 1. The average molecular weight is 494 g/mol. The van der Waals surface area contributed by atoms with Crippen LogP contribution in [0.25, 0.3) is 0 Å². The van der Waals surface area contributed by atoms with Crippen molar-refractivity contribution in [2.75, 3.05) is 18.5 Å². The van der Waals surface area contributed by atoms with E-state index in [1.165, 1.54) is 11.0 Å². The second kappa shape index (κ2) is 10.5. The molecule has 5 nitrogen and oxygen atoms in total. The number of nitrogens with one attached hydrogen (secondary N) is 1. The van der Waals surface area contributed by atoms with E-state index in [2.05, 4.69) is 10.3 Å². The fraction of sp³-hybridized carbons (Fsp3) is 0.538. The van der Waals surface area contributed by atoms with E-state index in [4.69, 9.17) is 0 Å². The predicted octanol–water partition coefficient (Wildman–Crippen LogP) is 6.01. The zero-order valence-electron chi connectivity index (χ0n) is 19.7. The molecule has 0 amide bonds. The third kappa shape index (κ3) is 6.12. The van der Waals surface area contributed by atoms with Crippen LogP contribution in [0, 0.1) is 5.92 Å². The number of nitrogens with zero attached hydrogens (tertiary/aromatic N) is 2. The number of aromatic carboxylic acids is 1. The van der Waals surface area contributed by atoms with Gasteiger partial charge in [0, 0.05) is 12.1 Å². The lowest BCUT2D eigenvalue weighted by Crippen LogP contribution is -2.47. The molecule has 0 saturated heterocycles. The van der Waals surface area contributed by atoms with Gasteiger partial charge in [0.25, 0.3) is 0 Å². The van der Waals surface area contributed by atoms with Crippen molar-refractivity contribution >= 4 is 11.7 Å². The smallest absolute Gasteiger partial charge is 0.401 e. The van der Waals surface area contributed by atoms with Crippen LogP contribution in [-0.4, -0.2) is 52.4 Å². The number of carboxylic acid groups (broad SMARTS) is 1. The van der Waals surface area contributed by atoms with Crippen LogP contribution in [0.3, 0.4) is 0 Å². The van der Waals surface area contributed by atoms with Gasteiger partial charge >= 0.3 is 12.1 Å². The van der Waals surface area contributed by atoms with Crippen molar-refractivity contribution in [1.29, 1.82) is 0 Å². The van der Waals surface area contributed by atoms with E-state index in [-0.39, 0.29) is 12.2 Å². The van der Waals surface area contributed by atoms with Gasteiger partial charge in [-0.25, -0.2) is 4.79 Å². The van der Waals surface area contributed by atoms with Gasteiger partial charge in [-0.05, 0) is 73.9 Å². The molecule has 0 radical (unpaired) electrons. The molecule has 35 heavy (non-hydrogen) atoms. The Morgan fingerprint density at radius 1 is 1.20 bits per heavy atom. The molecule has 2 aromatic rings. The van der Waals surface area contributed by atoms with Crippen LogP contribution in [0.2, 0.25) is 0 Å². The minimum Gasteiger partial charge on any atom is -0.478 e. The largest absolute Gasteiger partial charge is 0.478 e. The molecule has 1 aromatic heterocycles. The lowest BCUT2D eigenvalue weighted by Gasteiger charge is -2.42. The summed E-state index contributed by atoms with van der Waals surface area (Å²) in [5.74, 6) is -0.456. The maximum Gasteiger partial charge on any atom is 0.401 e. The zero-order valence-corrected chi connectivity index (χ0v) is 19.7. The topological polar surface area (TPSA) is 65.5 Å². The Labute approximate surface area is 202 Å². The molecule has 2 heterocycles. The number of pyridine rings is 1. The number of aromatic nitrogens is 1. The molecule has 1 aliphatic heterocycles. The number of rotatable bonds is 9. The summed E-state index contributed by atoms with van der Waals surface area (Å²) >= 11 is 0. The van der Waals surface area contributed by atoms with Crippen LogP contribution in [0.5, 0.6) is 0 Å². The van der Waals surface area contributed by atoms with E-state index in [9.17, 15) is 27.5 Å². The third-order valence-electron chi connectivity index (χ3n) is 7.13. The monoisotopic (exact) mass is 493 g/mol. The molecule has 190 valence electrons. The van der Waals surface area contributed by atoms with Crippen molar-refractivity contribution in [2.24, 2.45) is 5.92 Å². The van der Waals surface area contributed by atoms with Crippen LogP contribution in [0.1, 0.15) is 72.2 Å². The summed E-state index contributed by atoms with van der Waals surface area (Å²) in [5.41, 5.74) is 2.82. The first kappa shape index (κ1) is 25.4. The van der Waals surface area contributed by atoms with E-state index in [0.717, 1.165) is 36.9 Å². The lowest BCUT2D eigenvalue weighted by molar-refractivity contribution is -0.155. The molecular formula is C26H31F4N3O2. The molecule has 1 aromatic carbocycles. The number of carbonyl (C=O) groups is 1. The summed E-state index contributed by atoms with van der Waals surface area (Å²) in [4.78, 5) is 17.3. The van der Waals surface area contributed by atoms with Gasteiger partial charge in [-0.15, -0.1) is 0 Å². The molecule has 1 aliphatic carbocycles. The third-order valence-corrected chi connectivity index (χ3v) is 7.13. The second-order valence-electron chi connectivity index (χ2n) is 9.80. The Kier molecular flexibility index (Phi) is 7.64. The van der Waals surface area contributed by atoms with Crippen molar-refractivity contribution in [1.82, 2.24) is 9.88 Å². The maximum absolute atomic E-state index is 13.5. The minimum atomic E-state index is -4.38. The van der Waals surface area contributed by atoms with Crippen LogP contribution in [0.4, 0.5) is 23.2 Å². The highest BCUT2D eigenvalue weighted by molar-refractivity contribution is 5.88. The van der Waals surface area contributed by atoms with E-state index in [1.54, 1.807) is 31.3 Å². The van der Waals surface area contributed by atoms with Crippen molar-refractivity contribution in [2.45, 2.75) is 69.8 Å². The molecule has 2 N–H and O–H groups in total. The van der Waals surface area contributed by atoms with E-state index < -0.39 is 30.8 Å². The van der Waals surface area contributed by atoms with Gasteiger partial charge in [-0.2, -0.15) is 13.2 Å². The van der Waals surface area contributed by atoms with Crippen LogP contribution in [0.15, 0.2) is 36.5 Å². The van der Waals surface area contributed by atoms with Gasteiger partial charge in [-0.3, -0.25) is 14.3 Å². The number of fused-ring (bicyclic) bond motifs is 1. The van der Waals surface area contributed by atoms with Crippen LogP contribution < -0.4 is 5.32 Å². The first-order valence-electron chi connectivity index (χ1n) is 12.1. The maximum atomic E-state index is 13.5. The Hall–Kier alpha value is -2.68. The number of unbranched alkanes of at least 4 members (excludes halogenated alkanes) is 1. The molecule has 0 bridgehead atoms. The van der Waals surface area contributed by atoms with Crippen molar-refractivity contribution in [3.63, 3.8) is 0 Å². The standard InChI is InChI=1S/C26H31F4N3O2/c1-16-10-19-13-18(25(34)35)5-7-22(19)24(33(16)15-26(28,29)30)23-8-6-20(14-31-23)32-21-11-17(12-21)4-2-3-9-27/h5-8,13-14,16-17,21,24,32H,2-4,9-12,15H2,1H3,(H,34,35)/t16-,17?,21?,24+/m1/s1. The fourth-order valence-corrected chi connectivity index (χ4v) is 5.34. The van der Waals surface area contributed by atoms with E-state index >= 15 is 0 Å². The average Bonchev–Trinajstić information content (AvgIpc) is 2.77. The summed E-state index contributed by atoms with van der Waals surface area (Å²) in [6.07, 6.45) is 2.22. The van der Waals surface area contributed by atoms with Crippen LogP contribution in [-0.2, 0) is 6.42 Å². The van der Waals surface area contributed by atoms with Gasteiger partial charge in [0.15, 0.2) is 0 Å². The highest BCUT2D eigenvalue weighted by Crippen LogP contribution is 2.40. The molecule has 2 aliphatic rings. The van der Waals surface area contributed by atoms with Gasteiger partial charge in [0.2, 0.25) is 0 Å². The number of hydrogen-bond acceptors (Lipinski definition) is 4. The summed E-state index contributed by atoms with van der Waals surface area (Å²) in [7, 11) is 0. The first-order chi connectivity index (χ1) is 16.6. The van der Waals surface area contributed by atoms with Crippen molar-refractivity contribution in [3.8, 4) is 0 Å². The molecule has 2 atom stereocenters. The van der Waals surface area contributed by atoms with E-state index in [0.29, 0.717) is 36.1 Å². The van der Waals surface area contributed by atoms with Crippen LogP contribution >= 0.6 is 0 Å². The van der Waals surface area contributed by atoms with Gasteiger partial charge in [0.1, 0.15) is 0 Å². The summed E-state index contributed by atoms with van der Waals surface area (Å²) in [5, 5.41) is 12.8. The molecule has 4 rings (SSSR count). The fourth-order valence-electron chi connectivity index (χ4n) is 5.34. The number of carboxylic acids is 1. The highest BCUT2D eigenvalue weighted by Gasteiger charge is 2.41. The summed E-state index contributed by atoms with van der Waals surface area (Å²) in [6.45, 7) is 0.385. The molecule has 1 fully saturated rings. The lowest BCUT2D eigenvalue weighted by atomic mass is 9.77. The first-order valence-corrected chi connectivity index (χ1v) is 12.1. The molecule has 9 heteroatoms. The van der Waals surface area contributed by atoms with Gasteiger partial charge in [0.05, 0.1) is 42.4 Å². The Balaban J connectivity index is 1.52. The SMILES string of the molecule is C[C@@H]1Cc2cc(C(=O)O)ccc2[C@@H](c2ccc(NC3CC(CCCCF)C3)cn2)N1CC(F)(F)F. The Bertz CT molecular complexity index is 1020. The van der Waals surface area contributed by atoms with Gasteiger partial charge < -0.3 is 10.4 Å². The van der Waals surface area contributed by atoms with Crippen molar-refractivity contribution < 1.29 is 27.5 Å². The minimum absolute atomic E-state index is 0.120. The molecule has 0 spiro atoms. The number of benzene rings is 1. The normalized spacial score (nSPS) is 24.5. The predicted molar refractivity (Wildman–Crippen MR) is 125 cm³/mol. The highest BCUT2D eigenvalue weighted by atomic mass is 19.4.